The number of aromatic amines is 2. The summed E-state index contributed by atoms with van der Waals surface area (Å²) in [6, 6.07) is 7.59. The van der Waals surface area contributed by atoms with Gasteiger partial charge in [0.05, 0.1) is 6.54 Å². The molecule has 2 aromatic heterocycles. The van der Waals surface area contributed by atoms with Crippen LogP contribution in [0.25, 0.3) is 10.9 Å². The maximum absolute atomic E-state index is 12.3. The molecule has 1 amide bonds. The van der Waals surface area contributed by atoms with Crippen molar-refractivity contribution in [3.05, 3.63) is 48.2 Å². The number of carbonyl (C=O) groups excluding carboxylic acids is 1. The van der Waals surface area contributed by atoms with Crippen molar-refractivity contribution in [1.82, 2.24) is 25.1 Å². The van der Waals surface area contributed by atoms with Crippen molar-refractivity contribution in [2.24, 2.45) is 0 Å². The number of benzene rings is 1. The summed E-state index contributed by atoms with van der Waals surface area (Å²) in [7, 11) is 1.74. The van der Waals surface area contributed by atoms with Gasteiger partial charge in [-0.15, -0.1) is 0 Å². The Balaban J connectivity index is 1.82. The summed E-state index contributed by atoms with van der Waals surface area (Å²) in [5, 5.41) is 7.59. The second-order valence-corrected chi connectivity index (χ2v) is 4.37. The Hall–Kier alpha value is -2.63. The molecule has 0 aliphatic carbocycles. The fourth-order valence-electron chi connectivity index (χ4n) is 2.00. The van der Waals surface area contributed by atoms with Gasteiger partial charge in [0, 0.05) is 24.3 Å². The van der Waals surface area contributed by atoms with Crippen molar-refractivity contribution in [3.63, 3.8) is 0 Å². The Kier molecular flexibility index (Phi) is 2.75. The molecule has 2 heterocycles. The first-order valence-corrected chi connectivity index (χ1v) is 5.91. The van der Waals surface area contributed by atoms with Gasteiger partial charge >= 0.3 is 0 Å². The monoisotopic (exact) mass is 255 g/mol. The minimum atomic E-state index is -0.0482. The van der Waals surface area contributed by atoms with Gasteiger partial charge in [-0.3, -0.25) is 9.89 Å². The van der Waals surface area contributed by atoms with Gasteiger partial charge in [-0.05, 0) is 23.6 Å². The fourth-order valence-corrected chi connectivity index (χ4v) is 2.00. The van der Waals surface area contributed by atoms with Gasteiger partial charge in [-0.25, -0.2) is 4.98 Å². The lowest BCUT2D eigenvalue weighted by Gasteiger charge is -2.15. The van der Waals surface area contributed by atoms with E-state index in [-0.39, 0.29) is 5.91 Å². The Morgan fingerprint density at radius 2 is 2.26 bits per heavy atom. The van der Waals surface area contributed by atoms with E-state index in [1.165, 1.54) is 6.33 Å². The average molecular weight is 255 g/mol. The van der Waals surface area contributed by atoms with Crippen molar-refractivity contribution in [3.8, 4) is 0 Å². The first-order valence-electron chi connectivity index (χ1n) is 5.91. The van der Waals surface area contributed by atoms with Crippen molar-refractivity contribution < 1.29 is 4.79 Å². The maximum atomic E-state index is 12.3. The summed E-state index contributed by atoms with van der Waals surface area (Å²) in [4.78, 5) is 21.0. The number of amides is 1. The SMILES string of the molecule is CN(Cc1ncn[nH]1)C(=O)c1ccc2cc[nH]c2c1. The van der Waals surface area contributed by atoms with Crippen LogP contribution < -0.4 is 0 Å². The smallest absolute Gasteiger partial charge is 0.254 e. The maximum Gasteiger partial charge on any atom is 0.254 e. The molecule has 6 heteroatoms. The van der Waals surface area contributed by atoms with E-state index in [1.807, 2.05) is 30.5 Å². The van der Waals surface area contributed by atoms with E-state index in [9.17, 15) is 4.79 Å². The molecule has 0 bridgehead atoms. The first kappa shape index (κ1) is 11.5. The number of nitrogens with zero attached hydrogens (tertiary/aromatic N) is 3. The predicted octanol–water partition coefficient (Wildman–Crippen LogP) is 1.56. The molecule has 0 aliphatic rings. The highest BCUT2D eigenvalue weighted by atomic mass is 16.2. The number of rotatable bonds is 3. The van der Waals surface area contributed by atoms with Gasteiger partial charge < -0.3 is 9.88 Å². The third-order valence-corrected chi connectivity index (χ3v) is 3.00. The molecule has 0 saturated heterocycles. The molecule has 0 unspecified atom stereocenters. The van der Waals surface area contributed by atoms with E-state index in [2.05, 4.69) is 20.2 Å². The minimum Gasteiger partial charge on any atom is -0.361 e. The topological polar surface area (TPSA) is 77.7 Å². The van der Waals surface area contributed by atoms with Crippen LogP contribution in [0.5, 0.6) is 0 Å². The van der Waals surface area contributed by atoms with E-state index in [0.717, 1.165) is 10.9 Å². The van der Waals surface area contributed by atoms with Crippen LogP contribution in [-0.2, 0) is 6.54 Å². The number of nitrogens with one attached hydrogen (secondary N) is 2. The van der Waals surface area contributed by atoms with Crippen molar-refractivity contribution in [2.45, 2.75) is 6.54 Å². The second-order valence-electron chi connectivity index (χ2n) is 4.37. The molecule has 3 aromatic rings. The van der Waals surface area contributed by atoms with E-state index < -0.39 is 0 Å². The molecule has 1 aromatic carbocycles. The van der Waals surface area contributed by atoms with Crippen LogP contribution in [0.3, 0.4) is 0 Å². The Bertz CT molecular complexity index is 701. The highest BCUT2D eigenvalue weighted by Gasteiger charge is 2.13. The van der Waals surface area contributed by atoms with Crippen molar-refractivity contribution in [1.29, 1.82) is 0 Å². The summed E-state index contributed by atoms with van der Waals surface area (Å²) < 4.78 is 0. The predicted molar refractivity (Wildman–Crippen MR) is 70.5 cm³/mol. The normalized spacial score (nSPS) is 10.8. The van der Waals surface area contributed by atoms with Gasteiger partial charge in [-0.1, -0.05) is 6.07 Å². The standard InChI is InChI=1S/C13H13N5O/c1-18(7-12-15-8-16-17-12)13(19)10-3-2-9-4-5-14-11(9)6-10/h2-6,8,14H,7H2,1H3,(H,15,16,17). The molecule has 6 nitrogen and oxygen atoms in total. The molecular weight excluding hydrogens is 242 g/mol. The van der Waals surface area contributed by atoms with Gasteiger partial charge in [0.1, 0.15) is 12.2 Å². The third-order valence-electron chi connectivity index (χ3n) is 3.00. The van der Waals surface area contributed by atoms with E-state index in [1.54, 1.807) is 11.9 Å². The minimum absolute atomic E-state index is 0.0482. The molecule has 0 atom stereocenters. The zero-order valence-electron chi connectivity index (χ0n) is 10.4. The van der Waals surface area contributed by atoms with Crippen LogP contribution in [0, 0.1) is 0 Å². The average Bonchev–Trinajstić information content (AvgIpc) is 3.07. The van der Waals surface area contributed by atoms with Gasteiger partial charge in [-0.2, -0.15) is 5.10 Å². The number of fused-ring (bicyclic) bond motifs is 1. The third kappa shape index (κ3) is 2.20. The fraction of sp³-hybridized carbons (Fsp3) is 0.154. The molecule has 0 saturated carbocycles. The summed E-state index contributed by atoms with van der Waals surface area (Å²) >= 11 is 0. The lowest BCUT2D eigenvalue weighted by Crippen LogP contribution is -2.26. The Morgan fingerprint density at radius 1 is 1.37 bits per heavy atom. The van der Waals surface area contributed by atoms with Crippen LogP contribution in [0.4, 0.5) is 0 Å². The highest BCUT2D eigenvalue weighted by Crippen LogP contribution is 2.15. The Labute approximate surface area is 109 Å². The quantitative estimate of drug-likeness (QED) is 0.745. The van der Waals surface area contributed by atoms with Crippen LogP contribution in [0.15, 0.2) is 36.8 Å². The van der Waals surface area contributed by atoms with Gasteiger partial charge in [0.15, 0.2) is 0 Å². The molecule has 19 heavy (non-hydrogen) atoms. The van der Waals surface area contributed by atoms with Crippen LogP contribution in [0.2, 0.25) is 0 Å². The molecule has 0 fully saturated rings. The molecule has 0 aliphatic heterocycles. The molecule has 3 rings (SSSR count). The van der Waals surface area contributed by atoms with Crippen LogP contribution >= 0.6 is 0 Å². The number of carbonyl (C=O) groups is 1. The number of hydrogen-bond acceptors (Lipinski definition) is 3. The molecule has 96 valence electrons. The van der Waals surface area contributed by atoms with E-state index in [0.29, 0.717) is 17.9 Å². The van der Waals surface area contributed by atoms with Crippen molar-refractivity contribution in [2.75, 3.05) is 7.05 Å². The van der Waals surface area contributed by atoms with Gasteiger partial charge in [0.25, 0.3) is 5.91 Å². The Morgan fingerprint density at radius 3 is 3.05 bits per heavy atom. The largest absolute Gasteiger partial charge is 0.361 e. The van der Waals surface area contributed by atoms with Crippen LogP contribution in [0.1, 0.15) is 16.2 Å². The zero-order valence-corrected chi connectivity index (χ0v) is 10.4. The molecule has 2 N–H and O–H groups in total. The van der Waals surface area contributed by atoms with E-state index in [4.69, 9.17) is 0 Å². The molecule has 0 spiro atoms. The summed E-state index contributed by atoms with van der Waals surface area (Å²) in [6.45, 7) is 0.404. The highest BCUT2D eigenvalue weighted by molar-refractivity contribution is 5.97. The van der Waals surface area contributed by atoms with Gasteiger partial charge in [0.2, 0.25) is 0 Å². The summed E-state index contributed by atoms with van der Waals surface area (Å²) in [6.07, 6.45) is 3.29. The van der Waals surface area contributed by atoms with Crippen LogP contribution in [-0.4, -0.2) is 38.0 Å². The lowest BCUT2D eigenvalue weighted by molar-refractivity contribution is 0.0782. The number of hydrogen-bond donors (Lipinski definition) is 2. The number of aromatic nitrogens is 4. The van der Waals surface area contributed by atoms with E-state index >= 15 is 0 Å². The molecule has 0 radical (unpaired) electrons. The summed E-state index contributed by atoms with van der Waals surface area (Å²) in [5.74, 6) is 0.615. The van der Waals surface area contributed by atoms with Crippen molar-refractivity contribution >= 4 is 16.8 Å². The molecular formula is C13H13N5O. The summed E-state index contributed by atoms with van der Waals surface area (Å²) in [5.41, 5.74) is 1.61. The zero-order chi connectivity index (χ0) is 13.2. The second kappa shape index (κ2) is 4.56. The number of H-pyrrole nitrogens is 2. The lowest BCUT2D eigenvalue weighted by atomic mass is 10.1. The first-order chi connectivity index (χ1) is 9.24.